The van der Waals surface area contributed by atoms with E-state index in [0.29, 0.717) is 50.6 Å². The van der Waals surface area contributed by atoms with Crippen LogP contribution in [0.4, 0.5) is 19.1 Å². The lowest BCUT2D eigenvalue weighted by molar-refractivity contribution is -0.141. The highest BCUT2D eigenvalue weighted by atomic mass is 19.4. The molecule has 1 aliphatic rings. The highest BCUT2D eigenvalue weighted by Crippen LogP contribution is 2.37. The fourth-order valence-electron chi connectivity index (χ4n) is 4.56. The second-order valence-electron chi connectivity index (χ2n) is 8.74. The number of aromatic nitrogens is 3. The van der Waals surface area contributed by atoms with Gasteiger partial charge in [-0.3, -0.25) is 0 Å². The molecule has 2 aromatic heterocycles. The number of ether oxygens (including phenoxy) is 2. The Morgan fingerprint density at radius 1 is 1.13 bits per heavy atom. The summed E-state index contributed by atoms with van der Waals surface area (Å²) in [4.78, 5) is 20.9. The fraction of sp³-hybridized carbons (Fsp3) is 0.423. The molecular weight excluding hydrogens is 503 g/mol. The molecule has 3 aromatic rings. The Hall–Kier alpha value is -3.80. The van der Waals surface area contributed by atoms with Gasteiger partial charge in [0.1, 0.15) is 22.7 Å². The number of hydrogen-bond acceptors (Lipinski definition) is 7. The van der Waals surface area contributed by atoms with E-state index in [1.54, 1.807) is 4.90 Å². The zero-order valence-corrected chi connectivity index (χ0v) is 21.2. The lowest BCUT2D eigenvalue weighted by atomic mass is 10.0. The molecule has 9 nitrogen and oxygen atoms in total. The van der Waals surface area contributed by atoms with Gasteiger partial charge in [-0.1, -0.05) is 0 Å². The number of carboxylic acid groups (broad SMARTS) is 1. The standard InChI is InChI=1S/C26H30F3N5O4/c1-3-37-20-13-17(14-21(38-4-2)22(20)33-11-5-6-12-33)16-34(18-7-9-30-10-8-18)25-31-15-19(24(35)36)23(32-25)26(27,28)29/h5-6,11-15,18,30H,3-4,7-10,16H2,1-2H3,(H,35,36). The van der Waals surface area contributed by atoms with Gasteiger partial charge in [0.05, 0.1) is 13.2 Å². The monoisotopic (exact) mass is 533 g/mol. The number of rotatable bonds is 10. The van der Waals surface area contributed by atoms with Gasteiger partial charge < -0.3 is 29.4 Å². The normalized spacial score (nSPS) is 14.3. The maximum Gasteiger partial charge on any atom is 0.434 e. The van der Waals surface area contributed by atoms with Crippen LogP contribution in [0, 0.1) is 0 Å². The zero-order valence-electron chi connectivity index (χ0n) is 21.2. The first-order chi connectivity index (χ1) is 18.2. The summed E-state index contributed by atoms with van der Waals surface area (Å²) >= 11 is 0. The van der Waals surface area contributed by atoms with Crippen LogP contribution in [0.15, 0.2) is 42.9 Å². The van der Waals surface area contributed by atoms with E-state index < -0.39 is 23.4 Å². The third-order valence-corrected chi connectivity index (χ3v) is 6.20. The van der Waals surface area contributed by atoms with Crippen LogP contribution >= 0.6 is 0 Å². The van der Waals surface area contributed by atoms with E-state index in [2.05, 4.69) is 15.3 Å². The molecule has 0 aliphatic carbocycles. The summed E-state index contributed by atoms with van der Waals surface area (Å²) < 4.78 is 55.1. The minimum atomic E-state index is -4.95. The Kier molecular flexibility index (Phi) is 8.40. The van der Waals surface area contributed by atoms with Crippen molar-refractivity contribution in [2.45, 2.75) is 45.5 Å². The quantitative estimate of drug-likeness (QED) is 0.392. The molecule has 0 radical (unpaired) electrons. The fourth-order valence-corrected chi connectivity index (χ4v) is 4.56. The van der Waals surface area contributed by atoms with Crippen LogP contribution in [0.2, 0.25) is 0 Å². The largest absolute Gasteiger partial charge is 0.492 e. The van der Waals surface area contributed by atoms with Crippen molar-refractivity contribution >= 4 is 11.9 Å². The highest BCUT2D eigenvalue weighted by molar-refractivity contribution is 5.88. The number of alkyl halides is 3. The molecule has 0 spiro atoms. The van der Waals surface area contributed by atoms with Crippen molar-refractivity contribution < 1.29 is 32.5 Å². The van der Waals surface area contributed by atoms with Crippen molar-refractivity contribution in [1.29, 1.82) is 0 Å². The van der Waals surface area contributed by atoms with Crippen molar-refractivity contribution in [1.82, 2.24) is 19.9 Å². The van der Waals surface area contributed by atoms with Crippen LogP contribution in [-0.2, 0) is 12.7 Å². The first-order valence-electron chi connectivity index (χ1n) is 12.4. The number of carboxylic acids is 1. The molecule has 12 heteroatoms. The summed E-state index contributed by atoms with van der Waals surface area (Å²) in [6.07, 6.45) is 0.838. The van der Waals surface area contributed by atoms with Crippen LogP contribution in [0.3, 0.4) is 0 Å². The van der Waals surface area contributed by atoms with Crippen molar-refractivity contribution in [2.24, 2.45) is 0 Å². The van der Waals surface area contributed by atoms with Crippen molar-refractivity contribution in [3.8, 4) is 17.2 Å². The third kappa shape index (κ3) is 6.01. The van der Waals surface area contributed by atoms with Gasteiger partial charge in [-0.05, 0) is 69.6 Å². The Balaban J connectivity index is 1.81. The first kappa shape index (κ1) is 27.2. The van der Waals surface area contributed by atoms with Crippen molar-refractivity contribution in [3.63, 3.8) is 0 Å². The van der Waals surface area contributed by atoms with Gasteiger partial charge in [0.2, 0.25) is 5.95 Å². The molecule has 1 fully saturated rings. The van der Waals surface area contributed by atoms with Crippen molar-refractivity contribution in [2.75, 3.05) is 31.2 Å². The molecular formula is C26H30F3N5O4. The van der Waals surface area contributed by atoms with Gasteiger partial charge in [-0.2, -0.15) is 13.2 Å². The van der Waals surface area contributed by atoms with Crippen LogP contribution in [-0.4, -0.2) is 58.0 Å². The molecule has 1 aliphatic heterocycles. The summed E-state index contributed by atoms with van der Waals surface area (Å²) in [5.74, 6) is -0.790. The van der Waals surface area contributed by atoms with Crippen molar-refractivity contribution in [3.05, 3.63) is 59.7 Å². The van der Waals surface area contributed by atoms with Crippen LogP contribution in [0.5, 0.6) is 11.5 Å². The van der Waals surface area contributed by atoms with Gasteiger partial charge in [-0.25, -0.2) is 14.8 Å². The minimum Gasteiger partial charge on any atom is -0.492 e. The Bertz CT molecular complexity index is 1220. The Morgan fingerprint density at radius 3 is 2.26 bits per heavy atom. The second kappa shape index (κ2) is 11.7. The number of carbonyl (C=O) groups is 1. The molecule has 204 valence electrons. The van der Waals surface area contributed by atoms with Crippen LogP contribution in [0.1, 0.15) is 48.3 Å². The number of aromatic carboxylic acids is 1. The maximum atomic E-state index is 13.8. The van der Waals surface area contributed by atoms with E-state index in [1.807, 2.05) is 55.1 Å². The minimum absolute atomic E-state index is 0.164. The lowest BCUT2D eigenvalue weighted by Crippen LogP contribution is -2.44. The molecule has 1 saturated heterocycles. The van der Waals surface area contributed by atoms with Gasteiger partial charge in [0.25, 0.3) is 0 Å². The first-order valence-corrected chi connectivity index (χ1v) is 12.4. The molecule has 0 unspecified atom stereocenters. The number of benzene rings is 1. The molecule has 0 bridgehead atoms. The van der Waals surface area contributed by atoms with E-state index in [1.165, 1.54) is 0 Å². The smallest absolute Gasteiger partial charge is 0.434 e. The number of halogens is 3. The summed E-state index contributed by atoms with van der Waals surface area (Å²) in [7, 11) is 0. The summed E-state index contributed by atoms with van der Waals surface area (Å²) in [5.41, 5.74) is -1.01. The number of hydrogen-bond donors (Lipinski definition) is 2. The average Bonchev–Trinajstić information content (AvgIpc) is 3.42. The summed E-state index contributed by atoms with van der Waals surface area (Å²) in [6, 6.07) is 7.28. The van der Waals surface area contributed by atoms with E-state index in [0.717, 1.165) is 17.4 Å². The second-order valence-corrected chi connectivity index (χ2v) is 8.74. The molecule has 0 atom stereocenters. The van der Waals surface area contributed by atoms with E-state index in [4.69, 9.17) is 9.47 Å². The lowest BCUT2D eigenvalue weighted by Gasteiger charge is -2.35. The number of nitrogens with one attached hydrogen (secondary N) is 1. The summed E-state index contributed by atoms with van der Waals surface area (Å²) in [6.45, 7) is 6.06. The predicted octanol–water partition coefficient (Wildman–Crippen LogP) is 4.54. The van der Waals surface area contributed by atoms with Crippen LogP contribution in [0.25, 0.3) is 5.69 Å². The van der Waals surface area contributed by atoms with Crippen LogP contribution < -0.4 is 19.7 Å². The molecule has 0 amide bonds. The number of anilines is 1. The maximum absolute atomic E-state index is 13.8. The zero-order chi connectivity index (χ0) is 27.3. The Morgan fingerprint density at radius 2 is 1.74 bits per heavy atom. The molecule has 0 saturated carbocycles. The molecule has 2 N–H and O–H groups in total. The van der Waals surface area contributed by atoms with E-state index >= 15 is 0 Å². The molecule has 1 aromatic carbocycles. The molecule has 3 heterocycles. The highest BCUT2D eigenvalue weighted by Gasteiger charge is 2.39. The summed E-state index contributed by atoms with van der Waals surface area (Å²) in [5, 5.41) is 12.5. The Labute approximate surface area is 218 Å². The van der Waals surface area contributed by atoms with E-state index in [9.17, 15) is 23.1 Å². The van der Waals surface area contributed by atoms with Gasteiger partial charge in [0.15, 0.2) is 5.69 Å². The predicted molar refractivity (Wildman–Crippen MR) is 134 cm³/mol. The number of piperidine rings is 1. The topological polar surface area (TPSA) is 102 Å². The SMILES string of the molecule is CCOc1cc(CN(c2ncc(C(=O)O)c(C(F)(F)F)n2)C2CCNCC2)cc(OCC)c1-n1cccc1. The van der Waals surface area contributed by atoms with Gasteiger partial charge >= 0.3 is 12.1 Å². The van der Waals surface area contributed by atoms with Gasteiger partial charge in [0, 0.05) is 31.2 Å². The third-order valence-electron chi connectivity index (χ3n) is 6.20. The van der Waals surface area contributed by atoms with E-state index in [-0.39, 0.29) is 18.5 Å². The van der Waals surface area contributed by atoms with Gasteiger partial charge in [-0.15, -0.1) is 0 Å². The average molecular weight is 534 g/mol. The number of nitrogens with zero attached hydrogens (tertiary/aromatic N) is 4. The molecule has 38 heavy (non-hydrogen) atoms. The molecule has 4 rings (SSSR count).